The van der Waals surface area contributed by atoms with Crippen LogP contribution in [0.2, 0.25) is 0 Å². The Morgan fingerprint density at radius 2 is 1.91 bits per heavy atom. The molecule has 2 bridgehead atoms. The number of nitrogens with zero attached hydrogens (tertiary/aromatic N) is 3. The summed E-state index contributed by atoms with van der Waals surface area (Å²) in [4.78, 5) is 14.9. The number of rotatable bonds is 4. The zero-order chi connectivity index (χ0) is 23.5. The fourth-order valence-electron chi connectivity index (χ4n) is 7.22. The predicted octanol–water partition coefficient (Wildman–Crippen LogP) is 5.86. The monoisotopic (exact) mass is 453 g/mol. The molecule has 4 nitrogen and oxygen atoms in total. The molecule has 1 saturated heterocycles. The van der Waals surface area contributed by atoms with Gasteiger partial charge in [-0.1, -0.05) is 33.8 Å². The van der Waals surface area contributed by atoms with Gasteiger partial charge in [-0.05, 0) is 72.6 Å². The molecule has 0 unspecified atom stereocenters. The Labute approximate surface area is 194 Å². The molecule has 0 radical (unpaired) electrons. The van der Waals surface area contributed by atoms with E-state index in [0.717, 1.165) is 50.0 Å². The molecule has 2 aromatic rings. The lowest BCUT2D eigenvalue weighted by Crippen LogP contribution is -2.51. The maximum absolute atomic E-state index is 14.5. The lowest BCUT2D eigenvalue weighted by Gasteiger charge is -2.48. The molecule has 176 valence electrons. The van der Waals surface area contributed by atoms with Crippen LogP contribution < -0.4 is 0 Å². The molecule has 2 fully saturated rings. The van der Waals surface area contributed by atoms with E-state index in [0.29, 0.717) is 18.3 Å². The Morgan fingerprint density at radius 1 is 1.18 bits per heavy atom. The molecule has 1 saturated carbocycles. The Bertz CT molecular complexity index is 1080. The maximum atomic E-state index is 14.5. The van der Waals surface area contributed by atoms with E-state index >= 15 is 0 Å². The van der Waals surface area contributed by atoms with Gasteiger partial charge < -0.3 is 4.90 Å². The molecule has 6 heteroatoms. The molecule has 33 heavy (non-hydrogen) atoms. The molecule has 3 atom stereocenters. The SMILES string of the molecule is CC(C)CC(=O)N1CCC[C@H]([C@@]23CC[C@@H](c4cc(-c5c(F)cccc5F)nnc42)C3(C)C)C1. The first kappa shape index (κ1) is 22.4. The highest BCUT2D eigenvalue weighted by atomic mass is 19.1. The van der Waals surface area contributed by atoms with Gasteiger partial charge in [0.15, 0.2) is 0 Å². The maximum Gasteiger partial charge on any atom is 0.222 e. The molecule has 3 aliphatic rings. The first-order valence-corrected chi connectivity index (χ1v) is 12.3. The number of carbonyl (C=O) groups is 1. The molecule has 1 aromatic heterocycles. The van der Waals surface area contributed by atoms with E-state index in [-0.39, 0.29) is 33.9 Å². The quantitative estimate of drug-likeness (QED) is 0.582. The van der Waals surface area contributed by atoms with E-state index in [9.17, 15) is 13.6 Å². The van der Waals surface area contributed by atoms with Gasteiger partial charge in [-0.2, -0.15) is 10.2 Å². The van der Waals surface area contributed by atoms with E-state index < -0.39 is 11.6 Å². The van der Waals surface area contributed by atoms with Crippen LogP contribution >= 0.6 is 0 Å². The van der Waals surface area contributed by atoms with Gasteiger partial charge in [-0.25, -0.2) is 8.78 Å². The summed E-state index contributed by atoms with van der Waals surface area (Å²) in [5, 5.41) is 9.02. The second-order valence-electron chi connectivity index (χ2n) is 11.2. The van der Waals surface area contributed by atoms with Crippen molar-refractivity contribution in [1.82, 2.24) is 15.1 Å². The molecule has 0 N–H and O–H groups in total. The summed E-state index contributed by atoms with van der Waals surface area (Å²) >= 11 is 0. The Kier molecular flexibility index (Phi) is 5.33. The lowest BCUT2D eigenvalue weighted by molar-refractivity contribution is -0.134. The van der Waals surface area contributed by atoms with Crippen LogP contribution in [0.4, 0.5) is 8.78 Å². The van der Waals surface area contributed by atoms with E-state index in [1.54, 1.807) is 0 Å². The van der Waals surface area contributed by atoms with Crippen molar-refractivity contribution in [3.8, 4) is 11.3 Å². The van der Waals surface area contributed by atoms with Crippen molar-refractivity contribution in [1.29, 1.82) is 0 Å². The van der Waals surface area contributed by atoms with Gasteiger partial charge in [-0.15, -0.1) is 0 Å². The zero-order valence-electron chi connectivity index (χ0n) is 20.0. The van der Waals surface area contributed by atoms with Crippen LogP contribution in [-0.4, -0.2) is 34.1 Å². The van der Waals surface area contributed by atoms with Crippen molar-refractivity contribution in [3.63, 3.8) is 0 Å². The highest BCUT2D eigenvalue weighted by Gasteiger charge is 2.66. The molecular formula is C27H33F2N3O. The first-order chi connectivity index (χ1) is 15.7. The third-order valence-electron chi connectivity index (χ3n) is 8.74. The summed E-state index contributed by atoms with van der Waals surface area (Å²) < 4.78 is 28.9. The number of aromatic nitrogens is 2. The average molecular weight is 454 g/mol. The van der Waals surface area contributed by atoms with Gasteiger partial charge in [-0.3, -0.25) is 4.79 Å². The average Bonchev–Trinajstić information content (AvgIpc) is 3.14. The lowest BCUT2D eigenvalue weighted by atomic mass is 9.59. The van der Waals surface area contributed by atoms with E-state index in [1.165, 1.54) is 18.2 Å². The number of benzene rings is 1. The van der Waals surface area contributed by atoms with E-state index in [1.807, 2.05) is 6.07 Å². The van der Waals surface area contributed by atoms with Crippen molar-refractivity contribution in [2.45, 2.75) is 71.1 Å². The summed E-state index contributed by atoms with van der Waals surface area (Å²) in [6, 6.07) is 5.76. The van der Waals surface area contributed by atoms with Crippen LogP contribution in [0.25, 0.3) is 11.3 Å². The molecular weight excluding hydrogens is 420 g/mol. The molecule has 2 heterocycles. The van der Waals surface area contributed by atoms with Crippen LogP contribution in [-0.2, 0) is 10.2 Å². The fraction of sp³-hybridized carbons (Fsp3) is 0.593. The number of hydrogen-bond acceptors (Lipinski definition) is 3. The summed E-state index contributed by atoms with van der Waals surface area (Å²) in [5.74, 6) is -0.0556. The number of piperidine rings is 1. The molecule has 1 aromatic carbocycles. The number of carbonyl (C=O) groups excluding carboxylic acids is 1. The molecule has 2 aliphatic carbocycles. The van der Waals surface area contributed by atoms with Gasteiger partial charge in [0.25, 0.3) is 0 Å². The van der Waals surface area contributed by atoms with Crippen molar-refractivity contribution < 1.29 is 13.6 Å². The third kappa shape index (κ3) is 3.23. The molecule has 1 amide bonds. The van der Waals surface area contributed by atoms with E-state index in [2.05, 4.69) is 42.8 Å². The minimum atomic E-state index is -0.618. The van der Waals surface area contributed by atoms with Gasteiger partial charge in [0.05, 0.1) is 17.0 Å². The van der Waals surface area contributed by atoms with Crippen LogP contribution in [0.3, 0.4) is 0 Å². The Morgan fingerprint density at radius 3 is 2.61 bits per heavy atom. The number of halogens is 2. The van der Waals surface area contributed by atoms with Crippen LogP contribution in [0.15, 0.2) is 24.3 Å². The largest absolute Gasteiger partial charge is 0.342 e. The molecule has 0 spiro atoms. The number of fused-ring (bicyclic) bond motifs is 5. The zero-order valence-corrected chi connectivity index (χ0v) is 20.0. The minimum Gasteiger partial charge on any atom is -0.342 e. The first-order valence-electron chi connectivity index (χ1n) is 12.3. The van der Waals surface area contributed by atoms with Crippen molar-refractivity contribution in [3.05, 3.63) is 47.2 Å². The summed E-state index contributed by atoms with van der Waals surface area (Å²) in [6.45, 7) is 10.4. The second kappa shape index (κ2) is 7.85. The second-order valence-corrected chi connectivity index (χ2v) is 11.2. The predicted molar refractivity (Wildman–Crippen MR) is 124 cm³/mol. The normalized spacial score (nSPS) is 27.8. The highest BCUT2D eigenvalue weighted by molar-refractivity contribution is 5.76. The standard InChI is InChI=1S/C27H33F2N3O/c1-16(2)13-23(33)32-12-6-7-17(15-32)27-11-10-19(26(27,3)4)18-14-22(30-31-25(18)27)24-20(28)8-5-9-21(24)29/h5,8-9,14,16-17,19H,6-7,10-13,15H2,1-4H3/t17-,19-,27-/m0/s1. The van der Waals surface area contributed by atoms with Crippen molar-refractivity contribution in [2.24, 2.45) is 17.3 Å². The Balaban J connectivity index is 1.54. The molecule has 1 aliphatic heterocycles. The van der Waals surface area contributed by atoms with Gasteiger partial charge >= 0.3 is 0 Å². The van der Waals surface area contributed by atoms with Gasteiger partial charge in [0.1, 0.15) is 11.6 Å². The van der Waals surface area contributed by atoms with E-state index in [4.69, 9.17) is 0 Å². The third-order valence-corrected chi connectivity index (χ3v) is 8.74. The highest BCUT2D eigenvalue weighted by Crippen LogP contribution is 2.70. The van der Waals surface area contributed by atoms with Gasteiger partial charge in [0, 0.05) is 24.9 Å². The van der Waals surface area contributed by atoms with Crippen LogP contribution in [0.5, 0.6) is 0 Å². The van der Waals surface area contributed by atoms with Crippen LogP contribution in [0, 0.1) is 28.9 Å². The smallest absolute Gasteiger partial charge is 0.222 e. The Hall–Kier alpha value is -2.37. The summed E-state index contributed by atoms with van der Waals surface area (Å²) in [5.41, 5.74) is 2.02. The topological polar surface area (TPSA) is 46.1 Å². The fourth-order valence-corrected chi connectivity index (χ4v) is 7.22. The number of amides is 1. The summed E-state index contributed by atoms with van der Waals surface area (Å²) in [7, 11) is 0. The number of likely N-dealkylation sites (tertiary alicyclic amines) is 1. The van der Waals surface area contributed by atoms with Crippen LogP contribution in [0.1, 0.15) is 77.0 Å². The minimum absolute atomic E-state index is 0.0504. The van der Waals surface area contributed by atoms with Crippen molar-refractivity contribution in [2.75, 3.05) is 13.1 Å². The number of hydrogen-bond donors (Lipinski definition) is 0. The van der Waals surface area contributed by atoms with Crippen molar-refractivity contribution >= 4 is 5.91 Å². The molecule has 5 rings (SSSR count). The van der Waals surface area contributed by atoms with Gasteiger partial charge in [0.2, 0.25) is 5.91 Å². The summed E-state index contributed by atoms with van der Waals surface area (Å²) in [6.07, 6.45) is 4.70.